The summed E-state index contributed by atoms with van der Waals surface area (Å²) in [6.07, 6.45) is -3.22. The number of carbonyl (C=O) groups is 3. The molecule has 1 saturated carbocycles. The molecule has 9 nitrogen and oxygen atoms in total. The van der Waals surface area contributed by atoms with Crippen LogP contribution in [0.1, 0.15) is 37.7 Å². The van der Waals surface area contributed by atoms with E-state index in [0.717, 1.165) is 5.56 Å². The molecule has 12 heteroatoms. The van der Waals surface area contributed by atoms with Gasteiger partial charge in [-0.15, -0.1) is 0 Å². The van der Waals surface area contributed by atoms with E-state index in [-0.39, 0.29) is 19.0 Å². The lowest BCUT2D eigenvalue weighted by atomic mass is 9.68. The number of aliphatic carboxylic acids is 1. The highest BCUT2D eigenvalue weighted by Crippen LogP contribution is 2.49. The second-order valence-electron chi connectivity index (χ2n) is 9.37. The number of nitrogens with zero attached hydrogens (tertiary/aromatic N) is 3. The van der Waals surface area contributed by atoms with E-state index in [1.807, 2.05) is 30.3 Å². The highest BCUT2D eigenvalue weighted by atomic mass is 19.4. The largest absolute Gasteiger partial charge is 0.490 e. The van der Waals surface area contributed by atoms with Crippen LogP contribution in [0.2, 0.25) is 0 Å². The third kappa shape index (κ3) is 5.75. The van der Waals surface area contributed by atoms with Gasteiger partial charge in [-0.05, 0) is 38.3 Å². The fraction of sp³-hybridized carbons (Fsp3) is 0.625. The Bertz CT molecular complexity index is 935. The first-order valence-electron chi connectivity index (χ1n) is 11.7. The van der Waals surface area contributed by atoms with Gasteiger partial charge in [-0.1, -0.05) is 30.3 Å². The van der Waals surface area contributed by atoms with E-state index in [1.165, 1.54) is 7.11 Å². The van der Waals surface area contributed by atoms with Gasteiger partial charge < -0.3 is 24.4 Å². The molecule has 1 aliphatic carbocycles. The molecule has 0 radical (unpaired) electrons. The summed E-state index contributed by atoms with van der Waals surface area (Å²) >= 11 is 0. The first kappa shape index (κ1) is 27.7. The maximum Gasteiger partial charge on any atom is 0.490 e. The lowest BCUT2D eigenvalue weighted by molar-refractivity contribution is -0.206. The van der Waals surface area contributed by atoms with E-state index in [4.69, 9.17) is 9.84 Å². The topological polar surface area (TPSA) is 99.6 Å². The molecule has 0 unspecified atom stereocenters. The van der Waals surface area contributed by atoms with Crippen LogP contribution in [0.25, 0.3) is 0 Å². The minimum Gasteiger partial charge on any atom is -0.481 e. The minimum atomic E-state index is -5.08. The van der Waals surface area contributed by atoms with Crippen molar-refractivity contribution in [2.24, 2.45) is 0 Å². The Morgan fingerprint density at radius 3 is 2.31 bits per heavy atom. The predicted molar refractivity (Wildman–Crippen MR) is 122 cm³/mol. The first-order valence-corrected chi connectivity index (χ1v) is 11.7. The van der Waals surface area contributed by atoms with Crippen molar-refractivity contribution in [1.82, 2.24) is 14.7 Å². The van der Waals surface area contributed by atoms with Crippen LogP contribution in [0.5, 0.6) is 0 Å². The van der Waals surface area contributed by atoms with Crippen LogP contribution in [0.15, 0.2) is 30.3 Å². The SMILES string of the molecule is COCCN1C(=O)N(CCC(=O)O)CC12CCC(c1ccccc1)(N(C)COC(=O)C(F)(F)F)CC2. The van der Waals surface area contributed by atoms with Crippen molar-refractivity contribution in [3.63, 3.8) is 0 Å². The molecule has 2 fully saturated rings. The molecule has 3 rings (SSSR count). The second-order valence-corrected chi connectivity index (χ2v) is 9.37. The molecule has 1 saturated heterocycles. The van der Waals surface area contributed by atoms with Gasteiger partial charge in [-0.3, -0.25) is 9.69 Å². The average molecular weight is 516 g/mol. The zero-order valence-electron chi connectivity index (χ0n) is 20.4. The molecular formula is C24H32F3N3O6. The highest BCUT2D eigenvalue weighted by Gasteiger charge is 2.55. The molecule has 0 aromatic heterocycles. The Labute approximate surface area is 207 Å². The number of alkyl halides is 3. The van der Waals surface area contributed by atoms with Crippen molar-refractivity contribution >= 4 is 18.0 Å². The average Bonchev–Trinajstić information content (AvgIpc) is 3.10. The molecule has 1 spiro atoms. The number of esters is 1. The molecule has 0 bridgehead atoms. The summed E-state index contributed by atoms with van der Waals surface area (Å²) < 4.78 is 47.9. The van der Waals surface area contributed by atoms with Gasteiger partial charge in [0.2, 0.25) is 0 Å². The third-order valence-electron chi connectivity index (χ3n) is 7.34. The molecule has 1 N–H and O–H groups in total. The Balaban J connectivity index is 1.84. The number of benzene rings is 1. The van der Waals surface area contributed by atoms with Crippen molar-refractivity contribution in [3.8, 4) is 0 Å². The summed E-state index contributed by atoms with van der Waals surface area (Å²) in [5.74, 6) is -3.24. The van der Waals surface area contributed by atoms with Crippen LogP contribution in [-0.4, -0.2) is 96.6 Å². The summed E-state index contributed by atoms with van der Waals surface area (Å²) in [4.78, 5) is 40.5. The quantitative estimate of drug-likeness (QED) is 0.378. The Hall–Kier alpha value is -2.86. The zero-order chi connectivity index (χ0) is 26.6. The number of urea groups is 1. The number of hydrogen-bond donors (Lipinski definition) is 1. The van der Waals surface area contributed by atoms with Gasteiger partial charge in [0.25, 0.3) is 0 Å². The van der Waals surface area contributed by atoms with Crippen LogP contribution in [0.4, 0.5) is 18.0 Å². The lowest BCUT2D eigenvalue weighted by Crippen LogP contribution is -2.57. The van der Waals surface area contributed by atoms with Crippen molar-refractivity contribution in [2.75, 3.05) is 47.1 Å². The van der Waals surface area contributed by atoms with E-state index >= 15 is 0 Å². The molecule has 1 aromatic rings. The van der Waals surface area contributed by atoms with Crippen LogP contribution in [0, 0.1) is 0 Å². The molecule has 36 heavy (non-hydrogen) atoms. The van der Waals surface area contributed by atoms with Crippen LogP contribution >= 0.6 is 0 Å². The number of halogens is 3. The smallest absolute Gasteiger partial charge is 0.481 e. The predicted octanol–water partition coefficient (Wildman–Crippen LogP) is 3.05. The Morgan fingerprint density at radius 2 is 1.75 bits per heavy atom. The van der Waals surface area contributed by atoms with E-state index in [2.05, 4.69) is 4.74 Å². The van der Waals surface area contributed by atoms with Crippen molar-refractivity contribution in [1.29, 1.82) is 0 Å². The summed E-state index contributed by atoms with van der Waals surface area (Å²) in [6, 6.07) is 9.06. The minimum absolute atomic E-state index is 0.0938. The van der Waals surface area contributed by atoms with Gasteiger partial charge in [-0.25, -0.2) is 9.59 Å². The summed E-state index contributed by atoms with van der Waals surface area (Å²) in [6.45, 7) is 0.571. The second kappa shape index (κ2) is 11.0. The number of carboxylic acid groups (broad SMARTS) is 1. The number of carboxylic acids is 1. The maximum atomic E-state index is 13.2. The van der Waals surface area contributed by atoms with Crippen LogP contribution in [-0.2, 0) is 24.6 Å². The highest BCUT2D eigenvalue weighted by molar-refractivity contribution is 5.79. The van der Waals surface area contributed by atoms with E-state index < -0.39 is 35.9 Å². The first-order chi connectivity index (χ1) is 16.9. The number of carbonyl (C=O) groups excluding carboxylic acids is 2. The van der Waals surface area contributed by atoms with Gasteiger partial charge in [0.1, 0.15) is 6.73 Å². The Morgan fingerprint density at radius 1 is 1.11 bits per heavy atom. The molecule has 2 amide bonds. The van der Waals surface area contributed by atoms with Crippen molar-refractivity contribution < 1.29 is 42.1 Å². The van der Waals surface area contributed by atoms with Gasteiger partial charge in [0.15, 0.2) is 0 Å². The molecule has 1 heterocycles. The van der Waals surface area contributed by atoms with Gasteiger partial charge in [-0.2, -0.15) is 13.2 Å². The number of rotatable bonds is 10. The van der Waals surface area contributed by atoms with Crippen LogP contribution < -0.4 is 0 Å². The molecule has 1 aromatic carbocycles. The third-order valence-corrected chi connectivity index (χ3v) is 7.34. The van der Waals surface area contributed by atoms with Crippen molar-refractivity contribution in [2.45, 2.75) is 49.4 Å². The molecular weight excluding hydrogens is 483 g/mol. The van der Waals surface area contributed by atoms with Gasteiger partial charge in [0.05, 0.1) is 18.6 Å². The zero-order valence-corrected chi connectivity index (χ0v) is 20.4. The van der Waals surface area contributed by atoms with E-state index in [1.54, 1.807) is 21.7 Å². The lowest BCUT2D eigenvalue weighted by Gasteiger charge is -2.51. The summed E-state index contributed by atoms with van der Waals surface area (Å²) in [7, 11) is 3.16. The molecule has 0 atom stereocenters. The number of ether oxygens (including phenoxy) is 2. The summed E-state index contributed by atoms with van der Waals surface area (Å²) in [5.41, 5.74) is -0.403. The maximum absolute atomic E-state index is 13.2. The number of hydrogen-bond acceptors (Lipinski definition) is 6. The fourth-order valence-electron chi connectivity index (χ4n) is 5.36. The molecule has 2 aliphatic rings. The van der Waals surface area contributed by atoms with E-state index in [9.17, 15) is 27.6 Å². The normalized spacial score (nSPS) is 24.6. The van der Waals surface area contributed by atoms with Gasteiger partial charge in [0, 0.05) is 32.3 Å². The van der Waals surface area contributed by atoms with E-state index in [0.29, 0.717) is 45.4 Å². The standard InChI is InChI=1S/C24H32F3N3O6/c1-28(17-36-20(33)24(25,26)27)23(18-6-4-3-5-7-18)11-9-22(10-12-23)16-29(13-8-19(31)32)21(34)30(22)14-15-35-2/h3-7H,8-17H2,1-2H3,(H,31,32). The van der Waals surface area contributed by atoms with Crippen LogP contribution in [0.3, 0.4) is 0 Å². The fourth-order valence-corrected chi connectivity index (χ4v) is 5.36. The monoisotopic (exact) mass is 515 g/mol. The number of methoxy groups -OCH3 is 1. The summed E-state index contributed by atoms with van der Waals surface area (Å²) in [5, 5.41) is 9.08. The van der Waals surface area contributed by atoms with Crippen molar-refractivity contribution in [3.05, 3.63) is 35.9 Å². The van der Waals surface area contributed by atoms with Gasteiger partial charge >= 0.3 is 24.1 Å². The number of amides is 2. The molecule has 1 aliphatic heterocycles. The Kier molecular flexibility index (Phi) is 8.50. The molecule has 200 valence electrons.